The van der Waals surface area contributed by atoms with Crippen LogP contribution in [0.2, 0.25) is 0 Å². The van der Waals surface area contributed by atoms with Gasteiger partial charge in [-0.2, -0.15) is 0 Å². The Morgan fingerprint density at radius 2 is 2.41 bits per heavy atom. The molecule has 1 unspecified atom stereocenters. The summed E-state index contributed by atoms with van der Waals surface area (Å²) in [7, 11) is 0. The Hall–Kier alpha value is -1.43. The topological polar surface area (TPSA) is 60.2 Å². The zero-order valence-corrected chi connectivity index (χ0v) is 10.4. The van der Waals surface area contributed by atoms with E-state index in [-0.39, 0.29) is 6.04 Å². The largest absolute Gasteiger partial charge is 0.494 e. The molecule has 0 radical (unpaired) electrons. The molecule has 2 aromatic rings. The second-order valence-electron chi connectivity index (χ2n) is 3.51. The summed E-state index contributed by atoms with van der Waals surface area (Å²) in [6.07, 6.45) is 1.82. The predicted molar refractivity (Wildman–Crippen MR) is 68.9 cm³/mol. The number of benzene rings is 1. The molecule has 0 aliphatic heterocycles. The van der Waals surface area contributed by atoms with Gasteiger partial charge in [0, 0.05) is 11.1 Å². The molecule has 0 saturated carbocycles. The van der Waals surface area contributed by atoms with Crippen LogP contribution in [0.3, 0.4) is 0 Å². The maximum Gasteiger partial charge on any atom is 0.119 e. The van der Waals surface area contributed by atoms with E-state index < -0.39 is 0 Å². The minimum absolute atomic E-state index is 0.0390. The molecule has 17 heavy (non-hydrogen) atoms. The lowest BCUT2D eigenvalue weighted by molar-refractivity contribution is 0.339. The fourth-order valence-corrected chi connectivity index (χ4v) is 2.37. The quantitative estimate of drug-likeness (QED) is 0.629. The molecule has 2 rings (SSSR count). The van der Waals surface area contributed by atoms with Gasteiger partial charge in [0.25, 0.3) is 0 Å². The van der Waals surface area contributed by atoms with Gasteiger partial charge in [0.1, 0.15) is 5.75 Å². The smallest absolute Gasteiger partial charge is 0.119 e. The summed E-state index contributed by atoms with van der Waals surface area (Å²) in [6, 6.07) is 7.88. The molecule has 0 fully saturated rings. The van der Waals surface area contributed by atoms with Crippen LogP contribution in [0.4, 0.5) is 0 Å². The third-order valence-corrected chi connectivity index (χ3v) is 3.25. The van der Waals surface area contributed by atoms with Gasteiger partial charge in [-0.3, -0.25) is 10.8 Å². The third-order valence-electron chi connectivity index (χ3n) is 2.41. The van der Waals surface area contributed by atoms with Crippen molar-refractivity contribution < 1.29 is 4.74 Å². The van der Waals surface area contributed by atoms with E-state index in [0.717, 1.165) is 16.2 Å². The van der Waals surface area contributed by atoms with Gasteiger partial charge < -0.3 is 4.74 Å². The molecule has 1 heterocycles. The normalized spacial score (nSPS) is 12.4. The minimum atomic E-state index is -0.0390. The Bertz CT molecular complexity index is 459. The van der Waals surface area contributed by atoms with Crippen LogP contribution >= 0.6 is 11.3 Å². The van der Waals surface area contributed by atoms with Crippen molar-refractivity contribution in [2.75, 3.05) is 6.61 Å². The van der Waals surface area contributed by atoms with Crippen molar-refractivity contribution in [1.82, 2.24) is 10.4 Å². The lowest BCUT2D eigenvalue weighted by Gasteiger charge is -2.15. The zero-order valence-electron chi connectivity index (χ0n) is 9.59. The van der Waals surface area contributed by atoms with Gasteiger partial charge in [0.2, 0.25) is 0 Å². The molecule has 90 valence electrons. The number of aromatic nitrogens is 1. The molecule has 0 saturated heterocycles. The van der Waals surface area contributed by atoms with Crippen molar-refractivity contribution in [2.45, 2.75) is 13.0 Å². The molecule has 1 aromatic heterocycles. The monoisotopic (exact) mass is 249 g/mol. The Kier molecular flexibility index (Phi) is 4.08. The first-order valence-electron chi connectivity index (χ1n) is 5.42. The molecule has 0 aliphatic carbocycles. The number of ether oxygens (including phenoxy) is 1. The predicted octanol–water partition coefficient (Wildman–Crippen LogP) is 2.09. The molecular weight excluding hydrogens is 234 g/mol. The number of hydrogen-bond acceptors (Lipinski definition) is 5. The highest BCUT2D eigenvalue weighted by molar-refractivity contribution is 7.09. The third kappa shape index (κ3) is 2.82. The number of hydrogen-bond donors (Lipinski definition) is 2. The van der Waals surface area contributed by atoms with Crippen molar-refractivity contribution in [1.29, 1.82) is 0 Å². The number of nitrogens with zero attached hydrogens (tertiary/aromatic N) is 1. The van der Waals surface area contributed by atoms with E-state index in [4.69, 9.17) is 10.6 Å². The number of nitrogens with two attached hydrogens (primary N) is 1. The van der Waals surface area contributed by atoms with Crippen LogP contribution in [0.5, 0.6) is 5.75 Å². The first-order valence-corrected chi connectivity index (χ1v) is 6.30. The van der Waals surface area contributed by atoms with E-state index in [0.29, 0.717) is 6.61 Å². The van der Waals surface area contributed by atoms with Crippen molar-refractivity contribution in [2.24, 2.45) is 5.84 Å². The summed E-state index contributed by atoms with van der Waals surface area (Å²) in [6.45, 7) is 2.62. The Labute approximate surface area is 104 Å². The first kappa shape index (κ1) is 12.0. The first-order chi connectivity index (χ1) is 8.35. The summed E-state index contributed by atoms with van der Waals surface area (Å²) >= 11 is 1.58. The van der Waals surface area contributed by atoms with Crippen molar-refractivity contribution >= 4 is 11.3 Å². The highest BCUT2D eigenvalue weighted by Crippen LogP contribution is 2.26. The minimum Gasteiger partial charge on any atom is -0.494 e. The van der Waals surface area contributed by atoms with E-state index in [1.165, 1.54) is 0 Å². The summed E-state index contributed by atoms with van der Waals surface area (Å²) in [5.74, 6) is 6.46. The highest BCUT2D eigenvalue weighted by Gasteiger charge is 2.14. The molecule has 1 aromatic carbocycles. The molecule has 5 heteroatoms. The molecule has 1 atom stereocenters. The van der Waals surface area contributed by atoms with Gasteiger partial charge in [-0.05, 0) is 24.6 Å². The van der Waals surface area contributed by atoms with E-state index in [2.05, 4.69) is 10.4 Å². The van der Waals surface area contributed by atoms with Crippen LogP contribution in [0, 0.1) is 0 Å². The standard InChI is InChI=1S/C12H15N3OS/c1-2-16-10-5-3-4-9(6-10)12(15-13)11-7-14-8-17-11/h3-8,12,15H,2,13H2,1H3. The van der Waals surface area contributed by atoms with Gasteiger partial charge in [-0.1, -0.05) is 12.1 Å². The van der Waals surface area contributed by atoms with Crippen LogP contribution in [-0.2, 0) is 0 Å². The summed E-state index contributed by atoms with van der Waals surface area (Å²) < 4.78 is 5.48. The molecule has 0 amide bonds. The fourth-order valence-electron chi connectivity index (χ4n) is 1.66. The molecular formula is C12H15N3OS. The van der Waals surface area contributed by atoms with E-state index in [1.807, 2.05) is 37.4 Å². The van der Waals surface area contributed by atoms with Crippen LogP contribution < -0.4 is 16.0 Å². The summed E-state index contributed by atoms with van der Waals surface area (Å²) in [4.78, 5) is 5.15. The molecule has 0 aliphatic rings. The van der Waals surface area contributed by atoms with Crippen LogP contribution in [0.1, 0.15) is 23.4 Å². The van der Waals surface area contributed by atoms with Gasteiger partial charge in [0.15, 0.2) is 0 Å². The summed E-state index contributed by atoms with van der Waals surface area (Å²) in [5, 5.41) is 0. The number of rotatable bonds is 5. The van der Waals surface area contributed by atoms with Crippen molar-refractivity contribution in [3.05, 3.63) is 46.4 Å². The second-order valence-corrected chi connectivity index (χ2v) is 4.43. The second kappa shape index (κ2) is 5.77. The number of nitrogens with one attached hydrogen (secondary N) is 1. The summed E-state index contributed by atoms with van der Waals surface area (Å²) in [5.41, 5.74) is 5.67. The average molecular weight is 249 g/mol. The van der Waals surface area contributed by atoms with Crippen LogP contribution in [0.15, 0.2) is 36.0 Å². The van der Waals surface area contributed by atoms with Crippen LogP contribution in [-0.4, -0.2) is 11.6 Å². The molecule has 0 bridgehead atoms. The van der Waals surface area contributed by atoms with E-state index in [9.17, 15) is 0 Å². The fraction of sp³-hybridized carbons (Fsp3) is 0.250. The molecule has 0 spiro atoms. The lowest BCUT2D eigenvalue weighted by atomic mass is 10.1. The van der Waals surface area contributed by atoms with Gasteiger partial charge >= 0.3 is 0 Å². The molecule has 4 nitrogen and oxygen atoms in total. The Morgan fingerprint density at radius 1 is 1.53 bits per heavy atom. The lowest BCUT2D eigenvalue weighted by Crippen LogP contribution is -2.28. The van der Waals surface area contributed by atoms with Gasteiger partial charge in [0.05, 0.1) is 18.2 Å². The zero-order chi connectivity index (χ0) is 12.1. The highest BCUT2D eigenvalue weighted by atomic mass is 32.1. The van der Waals surface area contributed by atoms with Gasteiger partial charge in [-0.25, -0.2) is 5.43 Å². The van der Waals surface area contributed by atoms with E-state index in [1.54, 1.807) is 16.8 Å². The van der Waals surface area contributed by atoms with Crippen molar-refractivity contribution in [3.63, 3.8) is 0 Å². The van der Waals surface area contributed by atoms with Gasteiger partial charge in [-0.15, -0.1) is 11.3 Å². The Morgan fingerprint density at radius 3 is 3.06 bits per heavy atom. The molecule has 3 N–H and O–H groups in total. The van der Waals surface area contributed by atoms with Crippen molar-refractivity contribution in [3.8, 4) is 5.75 Å². The maximum absolute atomic E-state index is 5.61. The average Bonchev–Trinajstić information content (AvgIpc) is 2.85. The number of hydrazine groups is 1. The Balaban J connectivity index is 2.28. The van der Waals surface area contributed by atoms with E-state index >= 15 is 0 Å². The SMILES string of the molecule is CCOc1cccc(C(NN)c2cncs2)c1. The number of thiazole rings is 1. The maximum atomic E-state index is 5.61. The van der Waals surface area contributed by atoms with Crippen LogP contribution in [0.25, 0.3) is 0 Å².